The number of amides is 3. The Bertz CT molecular complexity index is 712. The lowest BCUT2D eigenvalue weighted by molar-refractivity contribution is 0.102. The SMILES string of the molecule is Cc1ccnc(NC(=O)c2ccc(N3CCNC3=O)cc2)c1. The summed E-state index contributed by atoms with van der Waals surface area (Å²) in [5.74, 6) is 0.295. The summed E-state index contributed by atoms with van der Waals surface area (Å²) >= 11 is 0. The van der Waals surface area contributed by atoms with Crippen molar-refractivity contribution in [2.45, 2.75) is 6.92 Å². The Morgan fingerprint density at radius 2 is 2.05 bits per heavy atom. The molecule has 1 aliphatic rings. The molecule has 0 atom stereocenters. The summed E-state index contributed by atoms with van der Waals surface area (Å²) < 4.78 is 0. The van der Waals surface area contributed by atoms with E-state index in [0.717, 1.165) is 11.3 Å². The minimum atomic E-state index is -0.226. The number of nitrogens with zero attached hydrogens (tertiary/aromatic N) is 2. The van der Waals surface area contributed by atoms with Crippen LogP contribution in [0.3, 0.4) is 0 Å². The maximum Gasteiger partial charge on any atom is 0.321 e. The smallest absolute Gasteiger partial charge is 0.321 e. The van der Waals surface area contributed by atoms with E-state index in [-0.39, 0.29) is 11.9 Å². The predicted molar refractivity (Wildman–Crippen MR) is 84.1 cm³/mol. The van der Waals surface area contributed by atoms with Gasteiger partial charge in [0, 0.05) is 30.5 Å². The Morgan fingerprint density at radius 3 is 2.68 bits per heavy atom. The van der Waals surface area contributed by atoms with Crippen LogP contribution in [0.15, 0.2) is 42.6 Å². The zero-order valence-corrected chi connectivity index (χ0v) is 12.2. The molecule has 2 heterocycles. The molecule has 2 aromatic rings. The van der Waals surface area contributed by atoms with Crippen molar-refractivity contribution < 1.29 is 9.59 Å². The number of aryl methyl sites for hydroxylation is 1. The van der Waals surface area contributed by atoms with Crippen LogP contribution in [-0.4, -0.2) is 30.0 Å². The van der Waals surface area contributed by atoms with Crippen LogP contribution in [0.5, 0.6) is 0 Å². The lowest BCUT2D eigenvalue weighted by Crippen LogP contribution is -2.27. The van der Waals surface area contributed by atoms with Gasteiger partial charge in [0.2, 0.25) is 0 Å². The van der Waals surface area contributed by atoms with Crippen molar-refractivity contribution in [3.8, 4) is 0 Å². The number of aromatic nitrogens is 1. The summed E-state index contributed by atoms with van der Waals surface area (Å²) in [6.07, 6.45) is 1.65. The summed E-state index contributed by atoms with van der Waals surface area (Å²) in [7, 11) is 0. The van der Waals surface area contributed by atoms with Gasteiger partial charge >= 0.3 is 6.03 Å². The number of benzene rings is 1. The molecule has 1 aromatic carbocycles. The highest BCUT2D eigenvalue weighted by Gasteiger charge is 2.21. The number of hydrogen-bond donors (Lipinski definition) is 2. The molecule has 1 fully saturated rings. The number of anilines is 2. The maximum atomic E-state index is 12.2. The van der Waals surface area contributed by atoms with Crippen LogP contribution >= 0.6 is 0 Å². The van der Waals surface area contributed by atoms with E-state index < -0.39 is 0 Å². The number of carbonyl (C=O) groups is 2. The van der Waals surface area contributed by atoms with Crippen molar-refractivity contribution in [3.05, 3.63) is 53.7 Å². The molecule has 112 valence electrons. The number of nitrogens with one attached hydrogen (secondary N) is 2. The van der Waals surface area contributed by atoms with Crippen molar-refractivity contribution >= 4 is 23.4 Å². The molecule has 0 saturated carbocycles. The molecular weight excluding hydrogens is 280 g/mol. The van der Waals surface area contributed by atoms with Gasteiger partial charge in [-0.3, -0.25) is 9.69 Å². The van der Waals surface area contributed by atoms with Gasteiger partial charge in [-0.15, -0.1) is 0 Å². The monoisotopic (exact) mass is 296 g/mol. The minimum absolute atomic E-state index is 0.110. The van der Waals surface area contributed by atoms with Gasteiger partial charge in [0.25, 0.3) is 5.91 Å². The number of carbonyl (C=O) groups excluding carboxylic acids is 2. The molecule has 0 bridgehead atoms. The molecule has 2 N–H and O–H groups in total. The minimum Gasteiger partial charge on any atom is -0.336 e. The first kappa shape index (κ1) is 14.1. The zero-order chi connectivity index (χ0) is 15.5. The molecule has 3 amide bonds. The van der Waals surface area contributed by atoms with Gasteiger partial charge < -0.3 is 10.6 Å². The van der Waals surface area contributed by atoms with Crippen molar-refractivity contribution in [1.82, 2.24) is 10.3 Å². The summed E-state index contributed by atoms with van der Waals surface area (Å²) in [6.45, 7) is 3.21. The number of hydrogen-bond acceptors (Lipinski definition) is 3. The first-order valence-corrected chi connectivity index (χ1v) is 7.03. The van der Waals surface area contributed by atoms with Gasteiger partial charge in [-0.1, -0.05) is 0 Å². The van der Waals surface area contributed by atoms with Crippen LogP contribution < -0.4 is 15.5 Å². The fourth-order valence-electron chi connectivity index (χ4n) is 2.30. The molecule has 22 heavy (non-hydrogen) atoms. The average Bonchev–Trinajstić information content (AvgIpc) is 2.93. The second-order valence-electron chi connectivity index (χ2n) is 5.10. The van der Waals surface area contributed by atoms with Crippen LogP contribution in [0.1, 0.15) is 15.9 Å². The molecule has 0 radical (unpaired) electrons. The Balaban J connectivity index is 1.72. The van der Waals surface area contributed by atoms with E-state index in [0.29, 0.717) is 24.5 Å². The first-order valence-electron chi connectivity index (χ1n) is 7.03. The van der Waals surface area contributed by atoms with Crippen molar-refractivity contribution in [3.63, 3.8) is 0 Å². The van der Waals surface area contributed by atoms with Crippen LogP contribution in [0.4, 0.5) is 16.3 Å². The second kappa shape index (κ2) is 5.85. The molecule has 0 spiro atoms. The highest BCUT2D eigenvalue weighted by molar-refractivity contribution is 6.04. The molecular formula is C16H16N4O2. The van der Waals surface area contributed by atoms with Crippen LogP contribution in [0, 0.1) is 6.92 Å². The Morgan fingerprint density at radius 1 is 1.27 bits per heavy atom. The fraction of sp³-hybridized carbons (Fsp3) is 0.188. The van der Waals surface area contributed by atoms with Gasteiger partial charge in [-0.2, -0.15) is 0 Å². The van der Waals surface area contributed by atoms with E-state index in [1.165, 1.54) is 0 Å². The maximum absolute atomic E-state index is 12.2. The summed E-state index contributed by atoms with van der Waals surface area (Å²) in [4.78, 5) is 29.5. The van der Waals surface area contributed by atoms with Crippen molar-refractivity contribution in [2.75, 3.05) is 23.3 Å². The Hall–Kier alpha value is -2.89. The third-order valence-electron chi connectivity index (χ3n) is 3.45. The highest BCUT2D eigenvalue weighted by Crippen LogP contribution is 2.18. The van der Waals surface area contributed by atoms with Crippen molar-refractivity contribution in [2.24, 2.45) is 0 Å². The second-order valence-corrected chi connectivity index (χ2v) is 5.10. The Labute approximate surface area is 128 Å². The van der Waals surface area contributed by atoms with E-state index in [4.69, 9.17) is 0 Å². The third-order valence-corrected chi connectivity index (χ3v) is 3.45. The molecule has 1 aliphatic heterocycles. The van der Waals surface area contributed by atoms with E-state index in [1.54, 1.807) is 41.4 Å². The summed E-state index contributed by atoms with van der Waals surface area (Å²) in [5, 5.41) is 5.50. The first-order chi connectivity index (χ1) is 10.6. The molecule has 6 heteroatoms. The van der Waals surface area contributed by atoms with Crippen LogP contribution in [0.25, 0.3) is 0 Å². The summed E-state index contributed by atoms with van der Waals surface area (Å²) in [5.41, 5.74) is 2.33. The molecule has 6 nitrogen and oxygen atoms in total. The molecule has 3 rings (SSSR count). The van der Waals surface area contributed by atoms with Crippen LogP contribution in [0.2, 0.25) is 0 Å². The van der Waals surface area contributed by atoms with Gasteiger partial charge in [0.15, 0.2) is 0 Å². The normalized spacial score (nSPS) is 13.9. The molecule has 1 saturated heterocycles. The standard InChI is InChI=1S/C16H16N4O2/c1-11-6-7-17-14(10-11)19-15(21)12-2-4-13(5-3-12)20-9-8-18-16(20)22/h2-7,10H,8-9H2,1H3,(H,18,22)(H,17,19,21). The highest BCUT2D eigenvalue weighted by atomic mass is 16.2. The van der Waals surface area contributed by atoms with Crippen LogP contribution in [-0.2, 0) is 0 Å². The van der Waals surface area contributed by atoms with E-state index >= 15 is 0 Å². The van der Waals surface area contributed by atoms with E-state index in [2.05, 4.69) is 15.6 Å². The number of rotatable bonds is 3. The molecule has 0 aliphatic carbocycles. The number of urea groups is 1. The van der Waals surface area contributed by atoms with E-state index in [1.807, 2.05) is 13.0 Å². The van der Waals surface area contributed by atoms with Gasteiger partial charge in [-0.05, 0) is 48.9 Å². The fourth-order valence-corrected chi connectivity index (χ4v) is 2.30. The van der Waals surface area contributed by atoms with E-state index in [9.17, 15) is 9.59 Å². The lowest BCUT2D eigenvalue weighted by atomic mass is 10.2. The average molecular weight is 296 g/mol. The molecule has 0 unspecified atom stereocenters. The largest absolute Gasteiger partial charge is 0.336 e. The topological polar surface area (TPSA) is 74.3 Å². The van der Waals surface area contributed by atoms with Gasteiger partial charge in [0.1, 0.15) is 5.82 Å². The van der Waals surface area contributed by atoms with Gasteiger partial charge in [-0.25, -0.2) is 9.78 Å². The quantitative estimate of drug-likeness (QED) is 0.911. The molecule has 1 aromatic heterocycles. The zero-order valence-electron chi connectivity index (χ0n) is 12.2. The Kier molecular flexibility index (Phi) is 3.74. The number of pyridine rings is 1. The van der Waals surface area contributed by atoms with Gasteiger partial charge in [0.05, 0.1) is 0 Å². The summed E-state index contributed by atoms with van der Waals surface area (Å²) in [6, 6.07) is 10.5. The predicted octanol–water partition coefficient (Wildman–Crippen LogP) is 2.17. The lowest BCUT2D eigenvalue weighted by Gasteiger charge is -2.14. The van der Waals surface area contributed by atoms with Crippen molar-refractivity contribution in [1.29, 1.82) is 0 Å². The third kappa shape index (κ3) is 2.90.